The number of ether oxygens (including phenoxy) is 1. The molecule has 0 bridgehead atoms. The van der Waals surface area contributed by atoms with Gasteiger partial charge in [0.15, 0.2) is 0 Å². The van der Waals surface area contributed by atoms with E-state index < -0.39 is 4.92 Å². The van der Waals surface area contributed by atoms with E-state index in [4.69, 9.17) is 4.74 Å². The summed E-state index contributed by atoms with van der Waals surface area (Å²) < 4.78 is 4.83. The maximum atomic E-state index is 10.9. The monoisotopic (exact) mass is 226 g/mol. The summed E-state index contributed by atoms with van der Waals surface area (Å²) in [6.45, 7) is 5.64. The summed E-state index contributed by atoms with van der Waals surface area (Å²) in [7, 11) is 1.33. The van der Waals surface area contributed by atoms with Gasteiger partial charge in [-0.1, -0.05) is 0 Å². The molecule has 0 aliphatic carbocycles. The molecule has 0 unspecified atom stereocenters. The van der Waals surface area contributed by atoms with E-state index in [1.54, 1.807) is 0 Å². The van der Waals surface area contributed by atoms with Crippen LogP contribution in [0.2, 0.25) is 0 Å². The van der Waals surface area contributed by atoms with E-state index in [1.807, 2.05) is 20.8 Å². The number of nitrogens with one attached hydrogen (secondary N) is 1. The average Bonchev–Trinajstić information content (AvgIpc) is 2.14. The fourth-order valence-corrected chi connectivity index (χ4v) is 1.12. The Bertz CT molecular complexity index is 400. The molecule has 1 heterocycles. The Hall–Kier alpha value is -1.92. The minimum absolute atomic E-state index is 0.0493. The summed E-state index contributed by atoms with van der Waals surface area (Å²) >= 11 is 0. The predicted octanol–water partition coefficient (Wildman–Crippen LogP) is 1.60. The molecule has 1 aromatic rings. The number of nitrogens with zero attached hydrogens (tertiary/aromatic N) is 3. The van der Waals surface area contributed by atoms with Crippen molar-refractivity contribution in [3.63, 3.8) is 0 Å². The molecule has 1 rings (SSSR count). The Morgan fingerprint density at radius 3 is 2.50 bits per heavy atom. The van der Waals surface area contributed by atoms with Crippen molar-refractivity contribution in [3.05, 3.63) is 16.4 Å². The lowest BCUT2D eigenvalue weighted by molar-refractivity contribution is -0.385. The van der Waals surface area contributed by atoms with Crippen LogP contribution in [0.1, 0.15) is 20.8 Å². The van der Waals surface area contributed by atoms with Crippen LogP contribution < -0.4 is 10.1 Å². The second-order valence-corrected chi connectivity index (χ2v) is 4.21. The summed E-state index contributed by atoms with van der Waals surface area (Å²) in [6.07, 6.45) is 1.22. The molecule has 0 saturated carbocycles. The van der Waals surface area contributed by atoms with Crippen molar-refractivity contribution in [2.45, 2.75) is 26.3 Å². The second kappa shape index (κ2) is 4.30. The van der Waals surface area contributed by atoms with Crippen LogP contribution in [0.4, 0.5) is 11.5 Å². The molecule has 1 N–H and O–H groups in total. The summed E-state index contributed by atoms with van der Waals surface area (Å²) in [4.78, 5) is 17.9. The van der Waals surface area contributed by atoms with Crippen molar-refractivity contribution in [3.8, 4) is 5.88 Å². The molecule has 0 saturated heterocycles. The molecule has 0 amide bonds. The second-order valence-electron chi connectivity index (χ2n) is 4.21. The topological polar surface area (TPSA) is 90.2 Å². The van der Waals surface area contributed by atoms with Gasteiger partial charge in [-0.3, -0.25) is 10.1 Å². The van der Waals surface area contributed by atoms with Gasteiger partial charge in [0.05, 0.1) is 12.0 Å². The average molecular weight is 226 g/mol. The molecule has 7 heteroatoms. The van der Waals surface area contributed by atoms with E-state index in [0.717, 1.165) is 0 Å². The van der Waals surface area contributed by atoms with Gasteiger partial charge >= 0.3 is 5.69 Å². The highest BCUT2D eigenvalue weighted by atomic mass is 16.6. The number of hydrogen-bond donors (Lipinski definition) is 1. The zero-order chi connectivity index (χ0) is 12.3. The third-order valence-electron chi connectivity index (χ3n) is 1.66. The van der Waals surface area contributed by atoms with E-state index in [-0.39, 0.29) is 22.9 Å². The number of aromatic nitrogens is 2. The van der Waals surface area contributed by atoms with Crippen LogP contribution in [0.25, 0.3) is 0 Å². The van der Waals surface area contributed by atoms with Crippen LogP contribution in [0.15, 0.2) is 6.33 Å². The van der Waals surface area contributed by atoms with Crippen molar-refractivity contribution in [1.29, 1.82) is 0 Å². The van der Waals surface area contributed by atoms with Crippen LogP contribution in [0, 0.1) is 10.1 Å². The molecule has 0 aromatic carbocycles. The summed E-state index contributed by atoms with van der Waals surface area (Å²) in [5.41, 5.74) is -0.579. The molecule has 1 aromatic heterocycles. The lowest BCUT2D eigenvalue weighted by atomic mass is 10.1. The van der Waals surface area contributed by atoms with Gasteiger partial charge in [-0.25, -0.2) is 4.98 Å². The van der Waals surface area contributed by atoms with Crippen molar-refractivity contribution < 1.29 is 9.66 Å². The fourth-order valence-electron chi connectivity index (χ4n) is 1.12. The van der Waals surface area contributed by atoms with Gasteiger partial charge < -0.3 is 10.1 Å². The number of hydrogen-bond acceptors (Lipinski definition) is 6. The number of methoxy groups -OCH3 is 1. The first-order valence-corrected chi connectivity index (χ1v) is 4.66. The lowest BCUT2D eigenvalue weighted by Gasteiger charge is -2.20. The van der Waals surface area contributed by atoms with E-state index in [9.17, 15) is 10.1 Å². The summed E-state index contributed by atoms with van der Waals surface area (Å²) in [5, 5.41) is 13.8. The van der Waals surface area contributed by atoms with Crippen molar-refractivity contribution in [2.75, 3.05) is 12.4 Å². The highest BCUT2D eigenvalue weighted by Gasteiger charge is 2.26. The van der Waals surface area contributed by atoms with E-state index in [0.29, 0.717) is 0 Å². The van der Waals surface area contributed by atoms with E-state index in [1.165, 1.54) is 13.4 Å². The molecule has 0 aliphatic heterocycles. The van der Waals surface area contributed by atoms with Crippen LogP contribution in [-0.2, 0) is 0 Å². The van der Waals surface area contributed by atoms with Gasteiger partial charge in [0.1, 0.15) is 6.33 Å². The molecule has 0 aliphatic rings. The number of rotatable bonds is 3. The normalized spacial score (nSPS) is 11.0. The molecular formula is C9H14N4O3. The number of nitro groups is 1. The van der Waals surface area contributed by atoms with Gasteiger partial charge in [0, 0.05) is 5.54 Å². The zero-order valence-corrected chi connectivity index (χ0v) is 9.64. The summed E-state index contributed by atoms with van der Waals surface area (Å²) in [5.74, 6) is 0.108. The van der Waals surface area contributed by atoms with Crippen molar-refractivity contribution in [1.82, 2.24) is 9.97 Å². The maximum absolute atomic E-state index is 10.9. The molecule has 16 heavy (non-hydrogen) atoms. The molecule has 88 valence electrons. The van der Waals surface area contributed by atoms with Gasteiger partial charge in [0.25, 0.3) is 5.88 Å². The standard InChI is InChI=1S/C9H14N4O3/c1-9(2,3)12-7-6(13(14)15)8(16-4)11-5-10-7/h5H,1-4H3,(H,10,11,12). The third-order valence-corrected chi connectivity index (χ3v) is 1.66. The first kappa shape index (κ1) is 12.2. The fraction of sp³-hybridized carbons (Fsp3) is 0.556. The molecule has 0 spiro atoms. The first-order chi connectivity index (χ1) is 7.35. The molecular weight excluding hydrogens is 212 g/mol. The minimum Gasteiger partial charge on any atom is -0.476 e. The first-order valence-electron chi connectivity index (χ1n) is 4.66. The van der Waals surface area contributed by atoms with E-state index in [2.05, 4.69) is 15.3 Å². The molecule has 0 fully saturated rings. The Labute approximate surface area is 93.0 Å². The zero-order valence-electron chi connectivity index (χ0n) is 9.64. The largest absolute Gasteiger partial charge is 0.476 e. The Morgan fingerprint density at radius 1 is 1.44 bits per heavy atom. The van der Waals surface area contributed by atoms with Gasteiger partial charge in [-0.15, -0.1) is 0 Å². The Balaban J connectivity index is 3.22. The Kier molecular flexibility index (Phi) is 3.26. The number of anilines is 1. The van der Waals surface area contributed by atoms with Gasteiger partial charge in [-0.2, -0.15) is 4.98 Å². The molecule has 0 atom stereocenters. The third kappa shape index (κ3) is 2.78. The summed E-state index contributed by atoms with van der Waals surface area (Å²) in [6, 6.07) is 0. The van der Waals surface area contributed by atoms with Crippen molar-refractivity contribution in [2.24, 2.45) is 0 Å². The van der Waals surface area contributed by atoms with Crippen molar-refractivity contribution >= 4 is 11.5 Å². The minimum atomic E-state index is -0.563. The molecule has 0 radical (unpaired) electrons. The van der Waals surface area contributed by atoms with E-state index >= 15 is 0 Å². The maximum Gasteiger partial charge on any atom is 0.372 e. The lowest BCUT2D eigenvalue weighted by Crippen LogP contribution is -2.27. The van der Waals surface area contributed by atoms with Crippen LogP contribution in [-0.4, -0.2) is 27.5 Å². The van der Waals surface area contributed by atoms with Gasteiger partial charge in [-0.05, 0) is 20.8 Å². The van der Waals surface area contributed by atoms with Crippen LogP contribution in [0.5, 0.6) is 5.88 Å². The van der Waals surface area contributed by atoms with Crippen LogP contribution in [0.3, 0.4) is 0 Å². The highest BCUT2D eigenvalue weighted by molar-refractivity contribution is 5.61. The predicted molar refractivity (Wildman–Crippen MR) is 58.6 cm³/mol. The Morgan fingerprint density at radius 2 is 2.06 bits per heavy atom. The van der Waals surface area contributed by atoms with Crippen LogP contribution >= 0.6 is 0 Å². The highest BCUT2D eigenvalue weighted by Crippen LogP contribution is 2.31. The molecule has 7 nitrogen and oxygen atoms in total. The smallest absolute Gasteiger partial charge is 0.372 e. The van der Waals surface area contributed by atoms with Gasteiger partial charge in [0.2, 0.25) is 5.82 Å². The quantitative estimate of drug-likeness (QED) is 0.621. The SMILES string of the molecule is COc1ncnc(NC(C)(C)C)c1[N+](=O)[O-].